The lowest BCUT2D eigenvalue weighted by atomic mass is 9.90. The molecule has 1 saturated carbocycles. The van der Waals surface area contributed by atoms with Crippen LogP contribution in [0.2, 0.25) is 0 Å². The van der Waals surface area contributed by atoms with Gasteiger partial charge in [-0.2, -0.15) is 0 Å². The molecule has 1 fully saturated rings. The number of unbranched alkanes of at least 4 members (excludes halogenated alkanes) is 1. The van der Waals surface area contributed by atoms with E-state index in [2.05, 4.69) is 6.58 Å². The number of hydrogen-bond acceptors (Lipinski definition) is 5. The van der Waals surface area contributed by atoms with Crippen molar-refractivity contribution in [2.24, 2.45) is 11.8 Å². The Hall–Kier alpha value is -1.62. The van der Waals surface area contributed by atoms with Gasteiger partial charge in [0.2, 0.25) is 0 Å². The Morgan fingerprint density at radius 3 is 2.62 bits per heavy atom. The van der Waals surface area contributed by atoms with Crippen LogP contribution in [0, 0.1) is 11.8 Å². The van der Waals surface area contributed by atoms with Crippen LogP contribution >= 0.6 is 0 Å². The van der Waals surface area contributed by atoms with Crippen LogP contribution in [0.15, 0.2) is 24.8 Å². The molecule has 0 aromatic rings. The van der Waals surface area contributed by atoms with Crippen molar-refractivity contribution < 1.29 is 24.2 Å². The first kappa shape index (κ1) is 20.4. The summed E-state index contributed by atoms with van der Waals surface area (Å²) >= 11 is 0. The van der Waals surface area contributed by atoms with Crippen molar-refractivity contribution in [3.05, 3.63) is 24.8 Å². The van der Waals surface area contributed by atoms with Gasteiger partial charge in [-0.25, -0.2) is 0 Å². The molecule has 0 aliphatic heterocycles. The van der Waals surface area contributed by atoms with Crippen LogP contribution in [0.1, 0.15) is 52.9 Å². The Morgan fingerprint density at radius 2 is 2.04 bits per heavy atom. The molecule has 0 spiro atoms. The predicted molar refractivity (Wildman–Crippen MR) is 92.2 cm³/mol. The number of aliphatic hydroxyl groups is 1. The van der Waals surface area contributed by atoms with Crippen molar-refractivity contribution in [3.63, 3.8) is 0 Å². The van der Waals surface area contributed by atoms with Crippen LogP contribution in [0.3, 0.4) is 0 Å². The van der Waals surface area contributed by atoms with E-state index in [0.717, 1.165) is 12.8 Å². The monoisotopic (exact) mass is 338 g/mol. The number of esters is 2. The molecule has 5 heteroatoms. The predicted octanol–water partition coefficient (Wildman–Crippen LogP) is 3.17. The maximum Gasteiger partial charge on any atom is 0.306 e. The molecule has 24 heavy (non-hydrogen) atoms. The van der Waals surface area contributed by atoms with E-state index in [1.807, 2.05) is 26.0 Å². The highest BCUT2D eigenvalue weighted by Gasteiger charge is 2.41. The topological polar surface area (TPSA) is 72.8 Å². The minimum absolute atomic E-state index is 0.0450. The van der Waals surface area contributed by atoms with Gasteiger partial charge < -0.3 is 14.6 Å². The van der Waals surface area contributed by atoms with Gasteiger partial charge in [0.05, 0.1) is 12.2 Å². The number of hydrogen-bond donors (Lipinski definition) is 1. The summed E-state index contributed by atoms with van der Waals surface area (Å²) in [4.78, 5) is 22.6. The number of aliphatic hydroxyl groups excluding tert-OH is 1. The molecule has 0 heterocycles. The lowest BCUT2D eigenvalue weighted by Gasteiger charge is -2.21. The standard InChI is InChI=1S/C19H30O5/c1-5-15-16(18(12-17(15)21)24-14(4)20)10-8-6-7-9-11-19(22)23-13(2)3/h5-6,8,13,15-18,21H,1,7,9-12H2,2-4H3/b8-6-/t15-,16-,17-,18+/m1/s1. The van der Waals surface area contributed by atoms with Crippen molar-refractivity contribution in [2.75, 3.05) is 0 Å². The van der Waals surface area contributed by atoms with Gasteiger partial charge in [0.25, 0.3) is 0 Å². The van der Waals surface area contributed by atoms with Gasteiger partial charge >= 0.3 is 11.9 Å². The third-order valence-corrected chi connectivity index (χ3v) is 4.17. The highest BCUT2D eigenvalue weighted by Crippen LogP contribution is 2.37. The number of carbonyl (C=O) groups is 2. The molecule has 1 aliphatic carbocycles. The zero-order chi connectivity index (χ0) is 18.1. The van der Waals surface area contributed by atoms with Gasteiger partial charge in [0.15, 0.2) is 0 Å². The Morgan fingerprint density at radius 1 is 1.33 bits per heavy atom. The molecular formula is C19H30O5. The summed E-state index contributed by atoms with van der Waals surface area (Å²) in [5, 5.41) is 10.1. The van der Waals surface area contributed by atoms with E-state index in [9.17, 15) is 14.7 Å². The van der Waals surface area contributed by atoms with Gasteiger partial charge in [-0.05, 0) is 33.1 Å². The van der Waals surface area contributed by atoms with E-state index >= 15 is 0 Å². The minimum Gasteiger partial charge on any atom is -0.463 e. The second-order valence-electron chi connectivity index (χ2n) is 6.57. The van der Waals surface area contributed by atoms with E-state index in [1.54, 1.807) is 6.08 Å². The maximum absolute atomic E-state index is 11.4. The van der Waals surface area contributed by atoms with E-state index in [1.165, 1.54) is 6.92 Å². The van der Waals surface area contributed by atoms with E-state index < -0.39 is 6.10 Å². The summed E-state index contributed by atoms with van der Waals surface area (Å²) in [5.74, 6) is -0.517. The summed E-state index contributed by atoms with van der Waals surface area (Å²) in [6.45, 7) is 8.84. The molecule has 5 nitrogen and oxygen atoms in total. The fourth-order valence-electron chi connectivity index (χ4n) is 3.15. The molecule has 136 valence electrons. The average Bonchev–Trinajstić information content (AvgIpc) is 2.76. The summed E-state index contributed by atoms with van der Waals surface area (Å²) in [5.41, 5.74) is 0. The zero-order valence-electron chi connectivity index (χ0n) is 14.9. The highest BCUT2D eigenvalue weighted by atomic mass is 16.5. The molecule has 1 aliphatic rings. The number of carbonyl (C=O) groups excluding carboxylic acids is 2. The van der Waals surface area contributed by atoms with Gasteiger partial charge in [-0.3, -0.25) is 9.59 Å². The number of ether oxygens (including phenoxy) is 2. The molecule has 0 aromatic heterocycles. The van der Waals surface area contributed by atoms with Gasteiger partial charge in [-0.15, -0.1) is 6.58 Å². The first-order chi connectivity index (χ1) is 11.3. The molecule has 4 atom stereocenters. The van der Waals surface area contributed by atoms with Gasteiger partial charge in [0.1, 0.15) is 6.10 Å². The smallest absolute Gasteiger partial charge is 0.306 e. The molecule has 0 unspecified atom stereocenters. The Balaban J connectivity index is 2.40. The molecule has 0 radical (unpaired) electrons. The van der Waals surface area contributed by atoms with Gasteiger partial charge in [-0.1, -0.05) is 18.2 Å². The third kappa shape index (κ3) is 6.87. The highest BCUT2D eigenvalue weighted by molar-refractivity contribution is 5.69. The normalized spacial score (nSPS) is 26.7. The number of allylic oxidation sites excluding steroid dienone is 2. The summed E-state index contributed by atoms with van der Waals surface area (Å²) in [6, 6.07) is 0. The first-order valence-corrected chi connectivity index (χ1v) is 8.67. The van der Waals surface area contributed by atoms with Crippen LogP contribution in [-0.4, -0.2) is 35.4 Å². The Kier molecular flexibility index (Phi) is 8.76. The second-order valence-corrected chi connectivity index (χ2v) is 6.57. The second kappa shape index (κ2) is 10.3. The summed E-state index contributed by atoms with van der Waals surface area (Å²) in [6.07, 6.45) is 8.05. The molecule has 1 N–H and O–H groups in total. The number of rotatable bonds is 9. The SMILES string of the molecule is C=C[C@@H]1[C@@H](C/C=C\CCCC(=O)OC(C)C)[C@@H](OC(C)=O)C[C@H]1O. The van der Waals surface area contributed by atoms with Crippen LogP contribution in [0.4, 0.5) is 0 Å². The van der Waals surface area contributed by atoms with Gasteiger partial charge in [0, 0.05) is 31.6 Å². The van der Waals surface area contributed by atoms with Crippen molar-refractivity contribution in [3.8, 4) is 0 Å². The minimum atomic E-state index is -0.518. The Bertz CT molecular complexity index is 455. The van der Waals surface area contributed by atoms with Crippen LogP contribution < -0.4 is 0 Å². The molecule has 0 bridgehead atoms. The quantitative estimate of drug-likeness (QED) is 0.397. The van der Waals surface area contributed by atoms with Crippen molar-refractivity contribution >= 4 is 11.9 Å². The fourth-order valence-corrected chi connectivity index (χ4v) is 3.15. The average molecular weight is 338 g/mol. The lowest BCUT2D eigenvalue weighted by Crippen LogP contribution is -2.23. The Labute approximate surface area is 144 Å². The summed E-state index contributed by atoms with van der Waals surface area (Å²) < 4.78 is 10.4. The molecule has 0 amide bonds. The third-order valence-electron chi connectivity index (χ3n) is 4.17. The maximum atomic E-state index is 11.4. The van der Waals surface area contributed by atoms with E-state index in [4.69, 9.17) is 9.47 Å². The molecule has 0 saturated heterocycles. The van der Waals surface area contributed by atoms with E-state index in [-0.39, 0.29) is 36.0 Å². The molecule has 1 rings (SSSR count). The molecular weight excluding hydrogens is 308 g/mol. The largest absolute Gasteiger partial charge is 0.463 e. The molecule has 0 aromatic carbocycles. The zero-order valence-corrected chi connectivity index (χ0v) is 14.9. The fraction of sp³-hybridized carbons (Fsp3) is 0.684. The van der Waals surface area contributed by atoms with Crippen molar-refractivity contribution in [1.29, 1.82) is 0 Å². The van der Waals surface area contributed by atoms with Crippen LogP contribution in [0.25, 0.3) is 0 Å². The summed E-state index contributed by atoms with van der Waals surface area (Å²) in [7, 11) is 0. The van der Waals surface area contributed by atoms with Crippen LogP contribution in [-0.2, 0) is 19.1 Å². The van der Waals surface area contributed by atoms with Crippen LogP contribution in [0.5, 0.6) is 0 Å². The van der Waals surface area contributed by atoms with Crippen molar-refractivity contribution in [1.82, 2.24) is 0 Å². The lowest BCUT2D eigenvalue weighted by molar-refractivity contribution is -0.148. The van der Waals surface area contributed by atoms with E-state index in [0.29, 0.717) is 19.3 Å². The van der Waals surface area contributed by atoms with Crippen molar-refractivity contribution in [2.45, 2.75) is 71.2 Å². The first-order valence-electron chi connectivity index (χ1n) is 8.67.